The topological polar surface area (TPSA) is 32.3 Å². The standard InChI is InChI=1S/C9H19NOS/c1-2-9(6-11)10-5-8-3-4-12-7-8/h8-11H,2-7H2,1H3/t8?,9-/m0/s1. The summed E-state index contributed by atoms with van der Waals surface area (Å²) in [5.41, 5.74) is 0. The highest BCUT2D eigenvalue weighted by Crippen LogP contribution is 2.22. The Morgan fingerprint density at radius 3 is 3.00 bits per heavy atom. The molecular weight excluding hydrogens is 170 g/mol. The summed E-state index contributed by atoms with van der Waals surface area (Å²) in [7, 11) is 0. The fourth-order valence-corrected chi connectivity index (χ4v) is 2.70. The Kier molecular flexibility index (Phi) is 5.04. The molecule has 1 unspecified atom stereocenters. The van der Waals surface area contributed by atoms with E-state index in [0.717, 1.165) is 18.9 Å². The van der Waals surface area contributed by atoms with Crippen molar-refractivity contribution in [1.29, 1.82) is 0 Å². The smallest absolute Gasteiger partial charge is 0.0584 e. The van der Waals surface area contributed by atoms with E-state index in [2.05, 4.69) is 12.2 Å². The van der Waals surface area contributed by atoms with Crippen LogP contribution in [-0.2, 0) is 0 Å². The molecule has 1 aliphatic heterocycles. The quantitative estimate of drug-likeness (QED) is 0.679. The molecule has 1 fully saturated rings. The maximum atomic E-state index is 8.93. The van der Waals surface area contributed by atoms with Gasteiger partial charge < -0.3 is 10.4 Å². The van der Waals surface area contributed by atoms with E-state index in [0.29, 0.717) is 6.04 Å². The van der Waals surface area contributed by atoms with E-state index in [1.165, 1.54) is 17.9 Å². The summed E-state index contributed by atoms with van der Waals surface area (Å²) in [6.07, 6.45) is 2.37. The normalized spacial score (nSPS) is 26.0. The third-order valence-electron chi connectivity index (χ3n) is 2.43. The van der Waals surface area contributed by atoms with Crippen molar-refractivity contribution < 1.29 is 5.11 Å². The molecule has 0 aromatic rings. The fourth-order valence-electron chi connectivity index (χ4n) is 1.42. The maximum Gasteiger partial charge on any atom is 0.0584 e. The molecule has 1 saturated heterocycles. The zero-order valence-electron chi connectivity index (χ0n) is 7.75. The lowest BCUT2D eigenvalue weighted by Gasteiger charge is -2.16. The minimum atomic E-state index is 0.274. The van der Waals surface area contributed by atoms with E-state index in [1.807, 2.05) is 11.8 Å². The molecule has 72 valence electrons. The van der Waals surface area contributed by atoms with Gasteiger partial charge in [-0.2, -0.15) is 11.8 Å². The molecule has 0 amide bonds. The molecule has 0 aliphatic carbocycles. The Morgan fingerprint density at radius 2 is 2.50 bits per heavy atom. The molecule has 12 heavy (non-hydrogen) atoms. The predicted molar refractivity (Wildman–Crippen MR) is 54.6 cm³/mol. The number of hydrogen-bond donors (Lipinski definition) is 2. The molecule has 0 aromatic carbocycles. The lowest BCUT2D eigenvalue weighted by Crippen LogP contribution is -2.35. The minimum Gasteiger partial charge on any atom is -0.395 e. The Bertz CT molecular complexity index is 109. The SMILES string of the molecule is CC[C@@H](CO)NCC1CCSC1. The van der Waals surface area contributed by atoms with Gasteiger partial charge in [0, 0.05) is 6.04 Å². The first kappa shape index (κ1) is 10.4. The van der Waals surface area contributed by atoms with Crippen molar-refractivity contribution in [3.8, 4) is 0 Å². The van der Waals surface area contributed by atoms with Gasteiger partial charge in [-0.15, -0.1) is 0 Å². The summed E-state index contributed by atoms with van der Waals surface area (Å²) in [6, 6.07) is 0.315. The van der Waals surface area contributed by atoms with Crippen LogP contribution in [0.15, 0.2) is 0 Å². The summed E-state index contributed by atoms with van der Waals surface area (Å²) in [5, 5.41) is 12.3. The van der Waals surface area contributed by atoms with E-state index >= 15 is 0 Å². The first-order valence-electron chi connectivity index (χ1n) is 4.78. The zero-order valence-corrected chi connectivity index (χ0v) is 8.57. The van der Waals surface area contributed by atoms with Crippen LogP contribution in [0.1, 0.15) is 19.8 Å². The summed E-state index contributed by atoms with van der Waals surface area (Å²) in [6.45, 7) is 3.47. The number of aliphatic hydroxyl groups excluding tert-OH is 1. The van der Waals surface area contributed by atoms with Crippen LogP contribution in [0.2, 0.25) is 0 Å². The van der Waals surface area contributed by atoms with Crippen LogP contribution in [0, 0.1) is 5.92 Å². The molecule has 1 heterocycles. The number of hydrogen-bond acceptors (Lipinski definition) is 3. The predicted octanol–water partition coefficient (Wildman–Crippen LogP) is 1.10. The highest BCUT2D eigenvalue weighted by atomic mass is 32.2. The zero-order chi connectivity index (χ0) is 8.81. The van der Waals surface area contributed by atoms with Gasteiger partial charge in [0.1, 0.15) is 0 Å². The second-order valence-corrected chi connectivity index (χ2v) is 4.58. The average Bonchev–Trinajstić information content (AvgIpc) is 2.59. The summed E-state index contributed by atoms with van der Waals surface area (Å²) < 4.78 is 0. The molecule has 3 heteroatoms. The Hall–Kier alpha value is 0.270. The van der Waals surface area contributed by atoms with Crippen LogP contribution < -0.4 is 5.32 Å². The molecule has 0 bridgehead atoms. The van der Waals surface area contributed by atoms with Crippen molar-refractivity contribution in [3.63, 3.8) is 0 Å². The van der Waals surface area contributed by atoms with Gasteiger partial charge in [0.2, 0.25) is 0 Å². The Balaban J connectivity index is 2.06. The van der Waals surface area contributed by atoms with Crippen molar-refractivity contribution in [2.45, 2.75) is 25.8 Å². The van der Waals surface area contributed by atoms with Gasteiger partial charge in [0.05, 0.1) is 6.61 Å². The van der Waals surface area contributed by atoms with E-state index in [-0.39, 0.29) is 6.61 Å². The molecule has 0 radical (unpaired) electrons. The van der Waals surface area contributed by atoms with E-state index in [4.69, 9.17) is 5.11 Å². The van der Waals surface area contributed by atoms with E-state index in [9.17, 15) is 0 Å². The second-order valence-electron chi connectivity index (χ2n) is 3.43. The summed E-state index contributed by atoms with van der Waals surface area (Å²) in [5.74, 6) is 3.47. The van der Waals surface area contributed by atoms with Gasteiger partial charge in [-0.1, -0.05) is 6.92 Å². The summed E-state index contributed by atoms with van der Waals surface area (Å²) >= 11 is 2.05. The van der Waals surface area contributed by atoms with Gasteiger partial charge in [-0.25, -0.2) is 0 Å². The van der Waals surface area contributed by atoms with Crippen LogP contribution in [0.4, 0.5) is 0 Å². The lowest BCUT2D eigenvalue weighted by atomic mass is 10.1. The summed E-state index contributed by atoms with van der Waals surface area (Å²) in [4.78, 5) is 0. The Morgan fingerprint density at radius 1 is 1.67 bits per heavy atom. The highest BCUT2D eigenvalue weighted by Gasteiger charge is 2.16. The van der Waals surface area contributed by atoms with Gasteiger partial charge in [0.25, 0.3) is 0 Å². The molecule has 0 spiro atoms. The average molecular weight is 189 g/mol. The minimum absolute atomic E-state index is 0.274. The second kappa shape index (κ2) is 5.84. The molecule has 2 nitrogen and oxygen atoms in total. The number of rotatable bonds is 5. The van der Waals surface area contributed by atoms with Gasteiger partial charge >= 0.3 is 0 Å². The van der Waals surface area contributed by atoms with Gasteiger partial charge in [0.15, 0.2) is 0 Å². The van der Waals surface area contributed by atoms with Crippen LogP contribution in [0.3, 0.4) is 0 Å². The fraction of sp³-hybridized carbons (Fsp3) is 1.00. The Labute approximate surface area is 79.1 Å². The van der Waals surface area contributed by atoms with Crippen LogP contribution in [-0.4, -0.2) is 35.8 Å². The lowest BCUT2D eigenvalue weighted by molar-refractivity contribution is 0.235. The maximum absolute atomic E-state index is 8.93. The molecule has 1 aliphatic rings. The number of aliphatic hydroxyl groups is 1. The number of thioether (sulfide) groups is 1. The van der Waals surface area contributed by atoms with Crippen molar-refractivity contribution >= 4 is 11.8 Å². The number of nitrogens with one attached hydrogen (secondary N) is 1. The van der Waals surface area contributed by atoms with Crippen molar-refractivity contribution in [2.24, 2.45) is 5.92 Å². The molecule has 2 atom stereocenters. The molecule has 1 rings (SSSR count). The van der Waals surface area contributed by atoms with Crippen molar-refractivity contribution in [1.82, 2.24) is 5.32 Å². The third-order valence-corrected chi connectivity index (χ3v) is 3.66. The van der Waals surface area contributed by atoms with Crippen molar-refractivity contribution in [3.05, 3.63) is 0 Å². The largest absolute Gasteiger partial charge is 0.395 e. The van der Waals surface area contributed by atoms with Gasteiger partial charge in [-0.3, -0.25) is 0 Å². The first-order valence-corrected chi connectivity index (χ1v) is 5.94. The van der Waals surface area contributed by atoms with Gasteiger partial charge in [-0.05, 0) is 36.8 Å². The van der Waals surface area contributed by atoms with E-state index < -0.39 is 0 Å². The van der Waals surface area contributed by atoms with Crippen LogP contribution in [0.25, 0.3) is 0 Å². The molecule has 2 N–H and O–H groups in total. The first-order chi connectivity index (χ1) is 5.86. The van der Waals surface area contributed by atoms with Crippen LogP contribution in [0.5, 0.6) is 0 Å². The van der Waals surface area contributed by atoms with E-state index in [1.54, 1.807) is 0 Å². The van der Waals surface area contributed by atoms with Crippen molar-refractivity contribution in [2.75, 3.05) is 24.7 Å². The molecule has 0 saturated carbocycles. The molecular formula is C9H19NOS. The monoisotopic (exact) mass is 189 g/mol. The molecule has 0 aromatic heterocycles. The third kappa shape index (κ3) is 3.33. The highest BCUT2D eigenvalue weighted by molar-refractivity contribution is 7.99. The van der Waals surface area contributed by atoms with Crippen LogP contribution >= 0.6 is 11.8 Å².